The van der Waals surface area contributed by atoms with Gasteiger partial charge < -0.3 is 19.6 Å². The van der Waals surface area contributed by atoms with Crippen LogP contribution in [-0.2, 0) is 0 Å². The van der Waals surface area contributed by atoms with Gasteiger partial charge in [0.1, 0.15) is 5.75 Å². The van der Waals surface area contributed by atoms with Gasteiger partial charge in [-0.15, -0.1) is 0 Å². The van der Waals surface area contributed by atoms with E-state index in [9.17, 15) is 4.79 Å². The first-order valence-corrected chi connectivity index (χ1v) is 7.23. The van der Waals surface area contributed by atoms with Crippen LogP contribution < -0.4 is 9.64 Å². The van der Waals surface area contributed by atoms with E-state index < -0.39 is 6.09 Å². The van der Waals surface area contributed by atoms with E-state index in [4.69, 9.17) is 9.84 Å². The van der Waals surface area contributed by atoms with Crippen molar-refractivity contribution in [2.45, 2.75) is 12.5 Å². The number of aromatic nitrogens is 1. The zero-order chi connectivity index (χ0) is 15.7. The van der Waals surface area contributed by atoms with E-state index in [1.807, 2.05) is 31.4 Å². The Balaban J connectivity index is 1.84. The van der Waals surface area contributed by atoms with Crippen LogP contribution in [-0.4, -0.2) is 54.4 Å². The standard InChI is InChI=1S/C16H19N3O3/c1-18(12-5-6-19(10-12)16(20)21)13-7-11-8-14(22-2)3-4-15(11)17-9-13/h3-4,7-9,12H,5-6,10H2,1-2H3,(H,20,21). The van der Waals surface area contributed by atoms with Gasteiger partial charge in [-0.2, -0.15) is 0 Å². The zero-order valence-corrected chi connectivity index (χ0v) is 12.7. The lowest BCUT2D eigenvalue weighted by molar-refractivity contribution is 0.155. The molecule has 1 fully saturated rings. The van der Waals surface area contributed by atoms with Crippen molar-refractivity contribution in [2.24, 2.45) is 0 Å². The number of rotatable bonds is 3. The molecule has 1 aromatic carbocycles. The summed E-state index contributed by atoms with van der Waals surface area (Å²) in [6.07, 6.45) is 1.81. The van der Waals surface area contributed by atoms with Gasteiger partial charge in [-0.05, 0) is 30.7 Å². The number of fused-ring (bicyclic) bond motifs is 1. The first-order chi connectivity index (χ1) is 10.6. The average Bonchev–Trinajstić information content (AvgIpc) is 3.03. The number of carbonyl (C=O) groups is 1. The van der Waals surface area contributed by atoms with Crippen LogP contribution in [0.25, 0.3) is 10.9 Å². The topological polar surface area (TPSA) is 65.9 Å². The molecule has 6 heteroatoms. The number of hydrogen-bond donors (Lipinski definition) is 1. The van der Waals surface area contributed by atoms with E-state index in [2.05, 4.69) is 16.0 Å². The highest BCUT2D eigenvalue weighted by Crippen LogP contribution is 2.26. The summed E-state index contributed by atoms with van der Waals surface area (Å²) >= 11 is 0. The quantitative estimate of drug-likeness (QED) is 0.943. The SMILES string of the molecule is COc1ccc2ncc(N(C)C3CCN(C(=O)O)C3)cc2c1. The summed E-state index contributed by atoms with van der Waals surface area (Å²) in [5, 5.41) is 10.1. The highest BCUT2D eigenvalue weighted by Gasteiger charge is 2.28. The normalized spacial score (nSPS) is 17.7. The van der Waals surface area contributed by atoms with E-state index >= 15 is 0 Å². The first-order valence-electron chi connectivity index (χ1n) is 7.23. The van der Waals surface area contributed by atoms with Crippen molar-refractivity contribution in [2.75, 3.05) is 32.1 Å². The number of amides is 1. The van der Waals surface area contributed by atoms with Gasteiger partial charge in [-0.25, -0.2) is 4.79 Å². The maximum Gasteiger partial charge on any atom is 0.407 e. The van der Waals surface area contributed by atoms with E-state index in [0.29, 0.717) is 13.1 Å². The van der Waals surface area contributed by atoms with Gasteiger partial charge in [-0.3, -0.25) is 4.98 Å². The lowest BCUT2D eigenvalue weighted by Gasteiger charge is -2.26. The number of ether oxygens (including phenoxy) is 1. The summed E-state index contributed by atoms with van der Waals surface area (Å²) in [7, 11) is 3.63. The molecule has 2 heterocycles. The van der Waals surface area contributed by atoms with Gasteiger partial charge in [0.05, 0.1) is 24.5 Å². The van der Waals surface area contributed by atoms with Crippen LogP contribution in [0.4, 0.5) is 10.5 Å². The monoisotopic (exact) mass is 301 g/mol. The Morgan fingerprint density at radius 2 is 2.27 bits per heavy atom. The maximum atomic E-state index is 11.0. The molecule has 3 rings (SSSR count). The first kappa shape index (κ1) is 14.4. The summed E-state index contributed by atoms with van der Waals surface area (Å²) in [4.78, 5) is 19.1. The number of likely N-dealkylation sites (tertiary alicyclic amines) is 1. The molecule has 6 nitrogen and oxygen atoms in total. The smallest absolute Gasteiger partial charge is 0.407 e. The fourth-order valence-electron chi connectivity index (χ4n) is 2.86. The third-order valence-electron chi connectivity index (χ3n) is 4.26. The summed E-state index contributed by atoms with van der Waals surface area (Å²) in [5.74, 6) is 0.798. The van der Waals surface area contributed by atoms with Crippen LogP contribution in [0.1, 0.15) is 6.42 Å². The largest absolute Gasteiger partial charge is 0.497 e. The molecule has 1 saturated heterocycles. The van der Waals surface area contributed by atoms with Crippen LogP contribution >= 0.6 is 0 Å². The molecule has 2 aromatic rings. The van der Waals surface area contributed by atoms with Crippen LogP contribution in [0.15, 0.2) is 30.5 Å². The second-order valence-electron chi connectivity index (χ2n) is 5.53. The Kier molecular flexibility index (Phi) is 3.75. The molecule has 0 saturated carbocycles. The third kappa shape index (κ3) is 2.64. The Morgan fingerprint density at radius 1 is 1.45 bits per heavy atom. The van der Waals surface area contributed by atoms with Crippen molar-refractivity contribution in [3.63, 3.8) is 0 Å². The van der Waals surface area contributed by atoms with Gasteiger partial charge in [0.2, 0.25) is 0 Å². The van der Waals surface area contributed by atoms with Crippen molar-refractivity contribution >= 4 is 22.7 Å². The number of carboxylic acid groups (broad SMARTS) is 1. The Morgan fingerprint density at radius 3 is 2.95 bits per heavy atom. The number of hydrogen-bond acceptors (Lipinski definition) is 4. The number of pyridine rings is 1. The molecule has 1 unspecified atom stereocenters. The van der Waals surface area contributed by atoms with E-state index in [1.54, 1.807) is 7.11 Å². The molecular weight excluding hydrogens is 282 g/mol. The molecular formula is C16H19N3O3. The molecule has 1 atom stereocenters. The second kappa shape index (κ2) is 5.71. The van der Waals surface area contributed by atoms with Gasteiger partial charge >= 0.3 is 6.09 Å². The van der Waals surface area contributed by atoms with E-state index in [0.717, 1.165) is 28.8 Å². The second-order valence-corrected chi connectivity index (χ2v) is 5.53. The van der Waals surface area contributed by atoms with Gasteiger partial charge in [0, 0.05) is 31.6 Å². The molecule has 0 aliphatic carbocycles. The summed E-state index contributed by atoms with van der Waals surface area (Å²) in [6, 6.07) is 8.02. The zero-order valence-electron chi connectivity index (χ0n) is 12.7. The number of benzene rings is 1. The van der Waals surface area contributed by atoms with Crippen molar-refractivity contribution in [1.29, 1.82) is 0 Å². The molecule has 1 aliphatic rings. The predicted molar refractivity (Wildman–Crippen MR) is 84.7 cm³/mol. The molecule has 1 aromatic heterocycles. The summed E-state index contributed by atoms with van der Waals surface area (Å²) < 4.78 is 5.25. The Labute approximate surface area is 128 Å². The Hall–Kier alpha value is -2.50. The van der Waals surface area contributed by atoms with Crippen LogP contribution in [0.5, 0.6) is 5.75 Å². The molecule has 0 spiro atoms. The lowest BCUT2D eigenvalue weighted by Crippen LogP contribution is -2.36. The van der Waals surface area contributed by atoms with Crippen molar-refractivity contribution < 1.29 is 14.6 Å². The maximum absolute atomic E-state index is 11.0. The van der Waals surface area contributed by atoms with Crippen molar-refractivity contribution in [3.8, 4) is 5.75 Å². The number of anilines is 1. The van der Waals surface area contributed by atoms with E-state index in [1.165, 1.54) is 4.90 Å². The fraction of sp³-hybridized carbons (Fsp3) is 0.375. The summed E-state index contributed by atoms with van der Waals surface area (Å²) in [5.41, 5.74) is 1.90. The fourth-order valence-corrected chi connectivity index (χ4v) is 2.86. The van der Waals surface area contributed by atoms with Crippen molar-refractivity contribution in [1.82, 2.24) is 9.88 Å². The Bertz CT molecular complexity index is 704. The molecule has 1 N–H and O–H groups in total. The van der Waals surface area contributed by atoms with E-state index in [-0.39, 0.29) is 6.04 Å². The average molecular weight is 301 g/mol. The van der Waals surface area contributed by atoms with Gasteiger partial charge in [0.25, 0.3) is 0 Å². The van der Waals surface area contributed by atoms with Crippen molar-refractivity contribution in [3.05, 3.63) is 30.5 Å². The molecule has 1 amide bonds. The highest BCUT2D eigenvalue weighted by molar-refractivity contribution is 5.83. The van der Waals surface area contributed by atoms with Crippen LogP contribution in [0.2, 0.25) is 0 Å². The minimum atomic E-state index is -0.850. The number of nitrogens with zero attached hydrogens (tertiary/aromatic N) is 3. The van der Waals surface area contributed by atoms with Crippen LogP contribution in [0.3, 0.4) is 0 Å². The van der Waals surface area contributed by atoms with Crippen LogP contribution in [0, 0.1) is 0 Å². The number of likely N-dealkylation sites (N-methyl/N-ethyl adjacent to an activating group) is 1. The van der Waals surface area contributed by atoms with Gasteiger partial charge in [-0.1, -0.05) is 0 Å². The molecule has 1 aliphatic heterocycles. The molecule has 116 valence electrons. The predicted octanol–water partition coefficient (Wildman–Crippen LogP) is 2.43. The number of methoxy groups -OCH3 is 1. The third-order valence-corrected chi connectivity index (χ3v) is 4.26. The minimum Gasteiger partial charge on any atom is -0.497 e. The molecule has 0 bridgehead atoms. The highest BCUT2D eigenvalue weighted by atomic mass is 16.5. The molecule has 0 radical (unpaired) electrons. The van der Waals surface area contributed by atoms with Gasteiger partial charge in [0.15, 0.2) is 0 Å². The molecule has 22 heavy (non-hydrogen) atoms. The lowest BCUT2D eigenvalue weighted by atomic mass is 10.1. The minimum absolute atomic E-state index is 0.181. The summed E-state index contributed by atoms with van der Waals surface area (Å²) in [6.45, 7) is 1.11.